The van der Waals surface area contributed by atoms with Crippen LogP contribution in [0.15, 0.2) is 78.9 Å². The van der Waals surface area contributed by atoms with Gasteiger partial charge in [-0.15, -0.1) is 12.8 Å². The third-order valence-electron chi connectivity index (χ3n) is 5.41. The lowest BCUT2D eigenvalue weighted by Gasteiger charge is -2.27. The number of hydrogen-bond acceptors (Lipinski definition) is 3. The Hall–Kier alpha value is -4.80. The van der Waals surface area contributed by atoms with E-state index in [0.29, 0.717) is 44.6 Å². The highest BCUT2D eigenvalue weighted by Gasteiger charge is 2.34. The van der Waals surface area contributed by atoms with Crippen LogP contribution in [0.1, 0.15) is 31.8 Å². The summed E-state index contributed by atoms with van der Waals surface area (Å²) in [5.41, 5.74) is 2.76. The van der Waals surface area contributed by atoms with Crippen molar-refractivity contribution in [1.29, 1.82) is 0 Å². The monoisotopic (exact) mass is 413 g/mol. The largest absolute Gasteiger partial charge is 0.457 e. The first kappa shape index (κ1) is 19.2. The minimum Gasteiger partial charge on any atom is -0.457 e. The molecule has 5 rings (SSSR count). The minimum atomic E-state index is -0.392. The van der Waals surface area contributed by atoms with E-state index in [-0.39, 0.29) is 0 Å². The van der Waals surface area contributed by atoms with Gasteiger partial charge in [-0.1, -0.05) is 24.0 Å². The molecule has 0 saturated carbocycles. The molecule has 1 aliphatic heterocycles. The number of carbonyl (C=O) groups is 2. The average Bonchev–Trinajstić information content (AvgIpc) is 2.84. The van der Waals surface area contributed by atoms with Crippen LogP contribution in [0.25, 0.3) is 10.8 Å². The predicted octanol–water partition coefficient (Wildman–Crippen LogP) is 5.40. The number of rotatable bonds is 3. The molecule has 0 radical (unpaired) electrons. The van der Waals surface area contributed by atoms with E-state index >= 15 is 0 Å². The second kappa shape index (κ2) is 7.47. The molecular weight excluding hydrogens is 398 g/mol. The summed E-state index contributed by atoms with van der Waals surface area (Å²) >= 11 is 0. The van der Waals surface area contributed by atoms with E-state index < -0.39 is 11.8 Å². The Morgan fingerprint density at radius 2 is 1.28 bits per heavy atom. The highest BCUT2D eigenvalue weighted by molar-refractivity contribution is 6.36. The number of carbonyl (C=O) groups excluding carboxylic acids is 2. The fourth-order valence-corrected chi connectivity index (χ4v) is 3.85. The van der Waals surface area contributed by atoms with Gasteiger partial charge in [0.2, 0.25) is 0 Å². The Kier molecular flexibility index (Phi) is 4.48. The van der Waals surface area contributed by atoms with Gasteiger partial charge in [0, 0.05) is 33.0 Å². The predicted molar refractivity (Wildman–Crippen MR) is 124 cm³/mol. The van der Waals surface area contributed by atoms with E-state index in [9.17, 15) is 9.59 Å². The molecule has 32 heavy (non-hydrogen) atoms. The Morgan fingerprint density at radius 3 is 1.91 bits per heavy atom. The van der Waals surface area contributed by atoms with E-state index in [4.69, 9.17) is 17.6 Å². The van der Waals surface area contributed by atoms with E-state index in [1.54, 1.807) is 72.8 Å². The van der Waals surface area contributed by atoms with Crippen molar-refractivity contribution < 1.29 is 14.3 Å². The van der Waals surface area contributed by atoms with Crippen LogP contribution >= 0.6 is 0 Å². The molecule has 4 aromatic carbocycles. The maximum atomic E-state index is 13.3. The molecule has 0 atom stereocenters. The van der Waals surface area contributed by atoms with Crippen LogP contribution in [0.5, 0.6) is 11.5 Å². The van der Waals surface area contributed by atoms with Gasteiger partial charge in [-0.05, 0) is 66.7 Å². The van der Waals surface area contributed by atoms with Crippen molar-refractivity contribution >= 4 is 28.3 Å². The molecule has 4 nitrogen and oxygen atoms in total. The molecule has 0 unspecified atom stereocenters. The summed E-state index contributed by atoms with van der Waals surface area (Å²) < 4.78 is 6.05. The van der Waals surface area contributed by atoms with Crippen LogP contribution in [0.4, 0.5) is 5.69 Å². The molecule has 0 aliphatic carbocycles. The molecule has 1 heterocycles. The molecular formula is C28H15NO3. The summed E-state index contributed by atoms with van der Waals surface area (Å²) in [6.07, 6.45) is 10.8. The maximum absolute atomic E-state index is 13.3. The van der Waals surface area contributed by atoms with Crippen molar-refractivity contribution in [3.63, 3.8) is 0 Å². The van der Waals surface area contributed by atoms with Gasteiger partial charge in [-0.2, -0.15) is 0 Å². The molecule has 0 saturated heterocycles. The van der Waals surface area contributed by atoms with Crippen molar-refractivity contribution in [2.45, 2.75) is 0 Å². The number of benzene rings is 4. The van der Waals surface area contributed by atoms with E-state index in [1.165, 1.54) is 4.90 Å². The SMILES string of the molecule is C#Cc1ccc(Oc2ccc3c4c(cccc24)C(=O)N(c2ccc(C#C)cc2)C3=O)cc1. The van der Waals surface area contributed by atoms with Crippen LogP contribution in [-0.4, -0.2) is 11.8 Å². The number of ether oxygens (including phenoxy) is 1. The second-order valence-corrected chi connectivity index (χ2v) is 7.25. The highest BCUT2D eigenvalue weighted by atomic mass is 16.5. The summed E-state index contributed by atoms with van der Waals surface area (Å²) in [6.45, 7) is 0. The molecule has 4 aromatic rings. The van der Waals surface area contributed by atoms with E-state index in [1.807, 2.05) is 6.07 Å². The zero-order chi connectivity index (χ0) is 22.2. The Bertz CT molecular complexity index is 1460. The summed E-state index contributed by atoms with van der Waals surface area (Å²) in [4.78, 5) is 27.8. The molecule has 4 heteroatoms. The lowest BCUT2D eigenvalue weighted by Crippen LogP contribution is -2.40. The zero-order valence-corrected chi connectivity index (χ0v) is 16.8. The smallest absolute Gasteiger partial charge is 0.265 e. The van der Waals surface area contributed by atoms with Crippen molar-refractivity contribution in [2.24, 2.45) is 0 Å². The number of terminal acetylenes is 2. The summed E-state index contributed by atoms with van der Waals surface area (Å²) in [6, 6.07) is 22.7. The fourth-order valence-electron chi connectivity index (χ4n) is 3.85. The maximum Gasteiger partial charge on any atom is 0.265 e. The minimum absolute atomic E-state index is 0.392. The highest BCUT2D eigenvalue weighted by Crippen LogP contribution is 2.38. The molecule has 150 valence electrons. The fraction of sp³-hybridized carbons (Fsp3) is 0. The van der Waals surface area contributed by atoms with E-state index in [0.717, 1.165) is 5.56 Å². The number of imide groups is 1. The molecule has 0 fully saturated rings. The van der Waals surface area contributed by atoms with Crippen LogP contribution in [-0.2, 0) is 0 Å². The van der Waals surface area contributed by atoms with Gasteiger partial charge in [-0.25, -0.2) is 4.90 Å². The van der Waals surface area contributed by atoms with Crippen molar-refractivity contribution in [3.8, 4) is 36.2 Å². The lowest BCUT2D eigenvalue weighted by molar-refractivity contribution is 0.0893. The summed E-state index contributed by atoms with van der Waals surface area (Å²) in [5, 5.41) is 1.27. The Morgan fingerprint density at radius 1 is 0.688 bits per heavy atom. The van der Waals surface area contributed by atoms with Gasteiger partial charge in [0.15, 0.2) is 0 Å². The molecule has 0 aromatic heterocycles. The number of nitrogens with zero attached hydrogens (tertiary/aromatic N) is 1. The zero-order valence-electron chi connectivity index (χ0n) is 16.8. The van der Waals surface area contributed by atoms with Gasteiger partial charge in [0.05, 0.1) is 5.69 Å². The third kappa shape index (κ3) is 2.99. The first-order chi connectivity index (χ1) is 15.6. The van der Waals surface area contributed by atoms with Crippen LogP contribution in [0.2, 0.25) is 0 Å². The van der Waals surface area contributed by atoms with Gasteiger partial charge < -0.3 is 4.74 Å². The molecule has 2 amide bonds. The number of hydrogen-bond donors (Lipinski definition) is 0. The topological polar surface area (TPSA) is 46.6 Å². The van der Waals surface area contributed by atoms with Crippen molar-refractivity contribution in [2.75, 3.05) is 4.90 Å². The molecule has 0 bridgehead atoms. The Labute approximate surface area is 185 Å². The second-order valence-electron chi connectivity index (χ2n) is 7.25. The van der Waals surface area contributed by atoms with Crippen molar-refractivity contribution in [1.82, 2.24) is 0 Å². The first-order valence-corrected chi connectivity index (χ1v) is 9.86. The van der Waals surface area contributed by atoms with Crippen LogP contribution in [0, 0.1) is 24.7 Å². The molecule has 0 N–H and O–H groups in total. The first-order valence-electron chi connectivity index (χ1n) is 9.86. The van der Waals surface area contributed by atoms with Gasteiger partial charge in [0.1, 0.15) is 11.5 Å². The standard InChI is InChI=1S/C28H15NO3/c1-3-18-8-12-20(13-9-18)29-27(30)23-7-5-6-22-25(17-16-24(26(22)23)28(29)31)32-21-14-10-19(4-2)11-15-21/h1-2,5-17H. The summed E-state index contributed by atoms with van der Waals surface area (Å²) in [7, 11) is 0. The lowest BCUT2D eigenvalue weighted by atomic mass is 9.93. The third-order valence-corrected chi connectivity index (χ3v) is 5.41. The van der Waals surface area contributed by atoms with Crippen molar-refractivity contribution in [3.05, 3.63) is 101 Å². The average molecular weight is 413 g/mol. The summed E-state index contributed by atoms with van der Waals surface area (Å²) in [5.74, 6) is 5.47. The van der Waals surface area contributed by atoms with Gasteiger partial charge >= 0.3 is 0 Å². The number of anilines is 1. The normalized spacial score (nSPS) is 12.4. The van der Waals surface area contributed by atoms with E-state index in [2.05, 4.69) is 11.8 Å². The van der Waals surface area contributed by atoms with Crippen LogP contribution < -0.4 is 9.64 Å². The van der Waals surface area contributed by atoms with Gasteiger partial charge in [-0.3, -0.25) is 9.59 Å². The van der Waals surface area contributed by atoms with Crippen LogP contribution in [0.3, 0.4) is 0 Å². The molecule has 1 aliphatic rings. The molecule has 0 spiro atoms. The Balaban J connectivity index is 1.60. The quantitative estimate of drug-likeness (QED) is 0.334. The van der Waals surface area contributed by atoms with Gasteiger partial charge in [0.25, 0.3) is 11.8 Å². The number of amides is 2.